The maximum Gasteiger partial charge on any atom is 0.419 e. The lowest BCUT2D eigenvalue weighted by Gasteiger charge is -2.27. The topological polar surface area (TPSA) is 76.8 Å². The fourth-order valence-corrected chi connectivity index (χ4v) is 3.83. The molecule has 2 aliphatic heterocycles. The molecule has 11 heteroatoms. The number of alkyl halides is 3. The Morgan fingerprint density at radius 1 is 1.12 bits per heavy atom. The Morgan fingerprint density at radius 3 is 2.47 bits per heavy atom. The molecular formula is C21H23F4N3O4. The smallest absolute Gasteiger partial charge is 0.381 e. The Bertz CT molecular complexity index is 951. The Kier molecular flexibility index (Phi) is 6.77. The number of carbonyl (C=O) groups is 1. The van der Waals surface area contributed by atoms with Gasteiger partial charge >= 0.3 is 6.18 Å². The van der Waals surface area contributed by atoms with Crippen molar-refractivity contribution in [2.24, 2.45) is 0 Å². The molecule has 2 saturated heterocycles. The lowest BCUT2D eigenvalue weighted by atomic mass is 10.0. The fraction of sp³-hybridized carbons (Fsp3) is 0.524. The van der Waals surface area contributed by atoms with E-state index in [9.17, 15) is 22.4 Å². The van der Waals surface area contributed by atoms with E-state index in [0.29, 0.717) is 64.0 Å². The fourth-order valence-electron chi connectivity index (χ4n) is 3.83. The molecule has 2 fully saturated rings. The first-order chi connectivity index (χ1) is 15.3. The zero-order valence-corrected chi connectivity index (χ0v) is 17.2. The van der Waals surface area contributed by atoms with Crippen LogP contribution < -0.4 is 5.32 Å². The van der Waals surface area contributed by atoms with Gasteiger partial charge in [-0.25, -0.2) is 4.39 Å². The van der Waals surface area contributed by atoms with Crippen molar-refractivity contribution in [2.45, 2.75) is 31.6 Å². The molecule has 0 unspecified atom stereocenters. The van der Waals surface area contributed by atoms with Gasteiger partial charge in [-0.15, -0.1) is 0 Å². The number of morpholine rings is 1. The predicted octanol–water partition coefficient (Wildman–Crippen LogP) is 3.24. The molecule has 32 heavy (non-hydrogen) atoms. The van der Waals surface area contributed by atoms with Crippen molar-refractivity contribution in [2.75, 3.05) is 39.5 Å². The van der Waals surface area contributed by atoms with E-state index in [1.807, 2.05) is 4.90 Å². The summed E-state index contributed by atoms with van der Waals surface area (Å²) in [6, 6.07) is 2.49. The molecule has 4 rings (SSSR count). The second-order valence-corrected chi connectivity index (χ2v) is 7.78. The molecule has 3 heterocycles. The first kappa shape index (κ1) is 22.7. The van der Waals surface area contributed by atoms with Gasteiger partial charge in [0.05, 0.1) is 18.8 Å². The van der Waals surface area contributed by atoms with Gasteiger partial charge in [0.2, 0.25) is 5.76 Å². The molecule has 0 saturated carbocycles. The lowest BCUT2D eigenvalue weighted by molar-refractivity contribution is -0.139. The zero-order valence-electron chi connectivity index (χ0n) is 17.2. The second-order valence-electron chi connectivity index (χ2n) is 7.78. The van der Waals surface area contributed by atoms with Crippen LogP contribution in [-0.2, 0) is 22.2 Å². The van der Waals surface area contributed by atoms with Crippen LogP contribution in [0.1, 0.15) is 34.5 Å². The van der Waals surface area contributed by atoms with E-state index >= 15 is 0 Å². The monoisotopic (exact) mass is 457 g/mol. The highest BCUT2D eigenvalue weighted by Crippen LogP contribution is 2.35. The summed E-state index contributed by atoms with van der Waals surface area (Å²) >= 11 is 0. The summed E-state index contributed by atoms with van der Waals surface area (Å²) in [7, 11) is 0. The van der Waals surface area contributed by atoms with Crippen LogP contribution in [0.2, 0.25) is 0 Å². The van der Waals surface area contributed by atoms with Crippen molar-refractivity contribution in [1.29, 1.82) is 0 Å². The van der Waals surface area contributed by atoms with E-state index in [4.69, 9.17) is 14.0 Å². The molecule has 0 atom stereocenters. The number of rotatable bonds is 5. The maximum absolute atomic E-state index is 14.2. The normalized spacial score (nSPS) is 18.6. The van der Waals surface area contributed by atoms with Gasteiger partial charge in [0, 0.05) is 50.0 Å². The first-order valence-electron chi connectivity index (χ1n) is 10.4. The maximum atomic E-state index is 14.2. The predicted molar refractivity (Wildman–Crippen MR) is 104 cm³/mol. The second kappa shape index (κ2) is 9.55. The van der Waals surface area contributed by atoms with Crippen molar-refractivity contribution in [3.8, 4) is 11.3 Å². The number of nitrogens with zero attached hydrogens (tertiary/aromatic N) is 2. The van der Waals surface area contributed by atoms with Crippen molar-refractivity contribution >= 4 is 5.91 Å². The summed E-state index contributed by atoms with van der Waals surface area (Å²) in [4.78, 5) is 14.9. The molecule has 174 valence electrons. The third-order valence-electron chi connectivity index (χ3n) is 5.58. The highest BCUT2D eigenvalue weighted by Gasteiger charge is 2.35. The van der Waals surface area contributed by atoms with Crippen LogP contribution in [0.4, 0.5) is 17.6 Å². The largest absolute Gasteiger partial charge is 0.419 e. The van der Waals surface area contributed by atoms with Crippen LogP contribution in [0, 0.1) is 5.82 Å². The number of hydrogen-bond donors (Lipinski definition) is 1. The molecule has 2 aromatic rings. The summed E-state index contributed by atoms with van der Waals surface area (Å²) in [6.45, 7) is 3.58. The van der Waals surface area contributed by atoms with Crippen LogP contribution in [0.5, 0.6) is 0 Å². The lowest BCUT2D eigenvalue weighted by Crippen LogP contribution is -2.40. The number of nitrogens with one attached hydrogen (secondary N) is 1. The molecule has 1 amide bonds. The van der Waals surface area contributed by atoms with E-state index in [2.05, 4.69) is 10.5 Å². The minimum absolute atomic E-state index is 0.0294. The molecule has 1 aromatic carbocycles. The average molecular weight is 457 g/mol. The van der Waals surface area contributed by atoms with Crippen molar-refractivity contribution in [1.82, 2.24) is 15.4 Å². The first-order valence-corrected chi connectivity index (χ1v) is 10.4. The Balaban J connectivity index is 1.65. The SMILES string of the molecule is O=C(NC1CCOCC1)c1onc(-c2ccc(C(F)(F)F)c(F)c2)c1CN1CCOCC1. The van der Waals surface area contributed by atoms with E-state index in [1.54, 1.807) is 0 Å². The van der Waals surface area contributed by atoms with Gasteiger partial charge in [0.1, 0.15) is 11.5 Å². The number of amides is 1. The van der Waals surface area contributed by atoms with Gasteiger partial charge in [0.15, 0.2) is 0 Å². The number of halogens is 4. The van der Waals surface area contributed by atoms with Crippen molar-refractivity contribution in [3.63, 3.8) is 0 Å². The summed E-state index contributed by atoms with van der Waals surface area (Å²) in [5, 5.41) is 6.83. The Morgan fingerprint density at radius 2 is 1.81 bits per heavy atom. The summed E-state index contributed by atoms with van der Waals surface area (Å²) in [6.07, 6.45) is -3.48. The summed E-state index contributed by atoms with van der Waals surface area (Å²) in [5.74, 6) is -1.91. The number of ether oxygens (including phenoxy) is 2. The molecule has 2 aliphatic rings. The average Bonchev–Trinajstić information content (AvgIpc) is 3.18. The highest BCUT2D eigenvalue weighted by atomic mass is 19.4. The number of aromatic nitrogens is 1. The van der Waals surface area contributed by atoms with Crippen LogP contribution in [0.3, 0.4) is 0 Å². The third kappa shape index (κ3) is 5.11. The van der Waals surface area contributed by atoms with Gasteiger partial charge in [-0.1, -0.05) is 11.2 Å². The van der Waals surface area contributed by atoms with Gasteiger partial charge in [0.25, 0.3) is 5.91 Å². The van der Waals surface area contributed by atoms with E-state index < -0.39 is 23.5 Å². The molecular weight excluding hydrogens is 434 g/mol. The minimum Gasteiger partial charge on any atom is -0.381 e. The summed E-state index contributed by atoms with van der Waals surface area (Å²) < 4.78 is 69.0. The molecule has 0 spiro atoms. The Labute approximate surface area is 181 Å². The quantitative estimate of drug-likeness (QED) is 0.695. The Hall–Kier alpha value is -2.50. The molecule has 1 N–H and O–H groups in total. The van der Waals surface area contributed by atoms with E-state index in [-0.39, 0.29) is 29.6 Å². The third-order valence-corrected chi connectivity index (χ3v) is 5.58. The van der Waals surface area contributed by atoms with Gasteiger partial charge in [-0.3, -0.25) is 9.69 Å². The minimum atomic E-state index is -4.81. The van der Waals surface area contributed by atoms with Crippen LogP contribution in [0.25, 0.3) is 11.3 Å². The molecule has 0 aliphatic carbocycles. The number of carbonyl (C=O) groups excluding carboxylic acids is 1. The molecule has 1 aromatic heterocycles. The van der Waals surface area contributed by atoms with Crippen LogP contribution >= 0.6 is 0 Å². The van der Waals surface area contributed by atoms with Gasteiger partial charge in [-0.05, 0) is 25.0 Å². The molecule has 7 nitrogen and oxygen atoms in total. The summed E-state index contributed by atoms with van der Waals surface area (Å²) in [5.41, 5.74) is -0.721. The number of benzene rings is 1. The van der Waals surface area contributed by atoms with Gasteiger partial charge < -0.3 is 19.3 Å². The van der Waals surface area contributed by atoms with Crippen LogP contribution in [-0.4, -0.2) is 61.5 Å². The van der Waals surface area contributed by atoms with E-state index in [1.165, 1.54) is 0 Å². The van der Waals surface area contributed by atoms with Crippen molar-refractivity contribution < 1.29 is 36.4 Å². The number of hydrogen-bond acceptors (Lipinski definition) is 6. The zero-order chi connectivity index (χ0) is 22.7. The highest BCUT2D eigenvalue weighted by molar-refractivity contribution is 5.94. The van der Waals surface area contributed by atoms with Crippen LogP contribution in [0.15, 0.2) is 22.7 Å². The van der Waals surface area contributed by atoms with Gasteiger partial charge in [-0.2, -0.15) is 13.2 Å². The van der Waals surface area contributed by atoms with Crippen molar-refractivity contribution in [3.05, 3.63) is 40.9 Å². The molecule has 0 radical (unpaired) electrons. The standard InChI is InChI=1S/C21H23F4N3O4/c22-17-11-13(1-2-16(17)21(23,24)25)18-15(12-28-5-9-31-10-6-28)19(32-27-18)20(29)26-14-3-7-30-8-4-14/h1-2,11,14H,3-10,12H2,(H,26,29). The molecule has 0 bridgehead atoms. The van der Waals surface area contributed by atoms with E-state index in [0.717, 1.165) is 12.1 Å².